The molecule has 4 heterocycles. The molecule has 0 bridgehead atoms. The van der Waals surface area contributed by atoms with Crippen LogP contribution in [-0.2, 0) is 10.9 Å². The summed E-state index contributed by atoms with van der Waals surface area (Å²) in [5, 5.41) is 4.46. The first-order valence-electron chi connectivity index (χ1n) is 12.0. The minimum absolute atomic E-state index is 0.0796. The molecule has 6 rings (SSSR count). The molecule has 1 aliphatic heterocycles. The van der Waals surface area contributed by atoms with E-state index in [1.165, 1.54) is 6.20 Å². The Morgan fingerprint density at radius 1 is 1.05 bits per heavy atom. The van der Waals surface area contributed by atoms with Gasteiger partial charge in [-0.25, -0.2) is 19.3 Å². The van der Waals surface area contributed by atoms with Crippen LogP contribution in [0, 0.1) is 12.7 Å². The quantitative estimate of drug-likeness (QED) is 0.353. The Balaban J connectivity index is 1.41. The summed E-state index contributed by atoms with van der Waals surface area (Å²) in [4.78, 5) is 19.9. The molecule has 0 unspecified atom stereocenters. The number of aryl methyl sites for hydroxylation is 1. The summed E-state index contributed by atoms with van der Waals surface area (Å²) < 4.78 is 62.5. The third kappa shape index (κ3) is 4.61. The summed E-state index contributed by atoms with van der Waals surface area (Å²) in [6.45, 7) is 4.57. The molecule has 192 valence electrons. The molecular formula is C25H23F4N7O. The first-order chi connectivity index (χ1) is 17.7. The summed E-state index contributed by atoms with van der Waals surface area (Å²) in [6, 6.07) is 2.81. The largest absolute Gasteiger partial charge is 0.416 e. The van der Waals surface area contributed by atoms with Crippen LogP contribution in [0.3, 0.4) is 0 Å². The van der Waals surface area contributed by atoms with Crippen molar-refractivity contribution in [3.8, 4) is 11.3 Å². The number of hydrogen-bond donors (Lipinski definition) is 0. The van der Waals surface area contributed by atoms with Crippen LogP contribution in [0.15, 0.2) is 36.8 Å². The topological polar surface area (TPSA) is 81.9 Å². The van der Waals surface area contributed by atoms with Crippen molar-refractivity contribution >= 4 is 17.1 Å². The molecule has 37 heavy (non-hydrogen) atoms. The van der Waals surface area contributed by atoms with Crippen LogP contribution in [0.1, 0.15) is 48.7 Å². The number of nitrogens with zero attached hydrogens (tertiary/aromatic N) is 7. The number of fused-ring (bicyclic) bond motifs is 1. The highest BCUT2D eigenvalue weighted by Gasteiger charge is 2.33. The Labute approximate surface area is 209 Å². The van der Waals surface area contributed by atoms with Gasteiger partial charge >= 0.3 is 6.18 Å². The lowest BCUT2D eigenvalue weighted by Gasteiger charge is -2.36. The molecule has 3 aromatic heterocycles. The second-order valence-corrected chi connectivity index (χ2v) is 9.57. The molecule has 2 fully saturated rings. The Bertz CT molecular complexity index is 1480. The molecule has 0 radical (unpaired) electrons. The fourth-order valence-corrected chi connectivity index (χ4v) is 4.55. The Morgan fingerprint density at radius 2 is 1.86 bits per heavy atom. The fourth-order valence-electron chi connectivity index (χ4n) is 4.55. The maximum absolute atomic E-state index is 15.0. The minimum Gasteiger partial charge on any atom is -0.367 e. The lowest BCUT2D eigenvalue weighted by Crippen LogP contribution is -2.43. The van der Waals surface area contributed by atoms with Gasteiger partial charge in [-0.1, -0.05) is 0 Å². The Kier molecular flexibility index (Phi) is 5.59. The van der Waals surface area contributed by atoms with E-state index in [1.807, 2.05) is 22.7 Å². The maximum Gasteiger partial charge on any atom is 0.416 e. The number of rotatable bonds is 4. The van der Waals surface area contributed by atoms with Crippen LogP contribution in [0.2, 0.25) is 0 Å². The zero-order valence-electron chi connectivity index (χ0n) is 20.1. The minimum atomic E-state index is -4.67. The highest BCUT2D eigenvalue weighted by atomic mass is 19.4. The van der Waals surface area contributed by atoms with Crippen molar-refractivity contribution in [2.75, 3.05) is 18.0 Å². The van der Waals surface area contributed by atoms with Gasteiger partial charge in [-0.15, -0.1) is 0 Å². The Morgan fingerprint density at radius 3 is 2.59 bits per heavy atom. The van der Waals surface area contributed by atoms with E-state index in [2.05, 4.69) is 25.0 Å². The second kappa shape index (κ2) is 8.72. The van der Waals surface area contributed by atoms with Gasteiger partial charge in [0.25, 0.3) is 0 Å². The van der Waals surface area contributed by atoms with Crippen LogP contribution < -0.4 is 4.90 Å². The van der Waals surface area contributed by atoms with E-state index < -0.39 is 17.6 Å². The number of halogens is 4. The van der Waals surface area contributed by atoms with Gasteiger partial charge in [-0.3, -0.25) is 4.68 Å². The van der Waals surface area contributed by atoms with Gasteiger partial charge in [0.2, 0.25) is 5.95 Å². The van der Waals surface area contributed by atoms with Crippen molar-refractivity contribution in [2.45, 2.75) is 51.1 Å². The number of benzene rings is 1. The molecule has 0 N–H and O–H groups in total. The molecule has 8 nitrogen and oxygen atoms in total. The van der Waals surface area contributed by atoms with E-state index in [1.54, 1.807) is 13.1 Å². The lowest BCUT2D eigenvalue weighted by molar-refractivity contribution is -0.137. The molecular weight excluding hydrogens is 490 g/mol. The average molecular weight is 513 g/mol. The highest BCUT2D eigenvalue weighted by Crippen LogP contribution is 2.37. The fraction of sp³-hybridized carbons (Fsp3) is 0.400. The van der Waals surface area contributed by atoms with Gasteiger partial charge in [0.15, 0.2) is 5.65 Å². The van der Waals surface area contributed by atoms with Crippen molar-refractivity contribution in [2.24, 2.45) is 0 Å². The monoisotopic (exact) mass is 513 g/mol. The molecule has 12 heteroatoms. The number of anilines is 1. The molecule has 1 aliphatic carbocycles. The smallest absolute Gasteiger partial charge is 0.367 e. The molecule has 0 spiro atoms. The third-order valence-electron chi connectivity index (χ3n) is 6.53. The number of aromatic nitrogens is 6. The first-order valence-corrected chi connectivity index (χ1v) is 12.0. The van der Waals surface area contributed by atoms with Crippen molar-refractivity contribution in [1.82, 2.24) is 29.7 Å². The number of morpholine rings is 1. The standard InChI is InChI=1S/C25H23F4N7O/c1-13-8-30-22-21(18-6-3-16(7-19(18)26)25(27,28)29)33-24(34-23(22)32-13)35-10-14(2)37-20(12-35)15-9-31-36(11-15)17-4-5-17/h3,6-9,11,14,17,20H,4-5,10,12H2,1-2H3/t14-,20-/m1/s1. The maximum atomic E-state index is 15.0. The van der Waals surface area contributed by atoms with Gasteiger partial charge < -0.3 is 9.64 Å². The zero-order valence-corrected chi connectivity index (χ0v) is 20.1. The average Bonchev–Trinajstić information content (AvgIpc) is 3.58. The van der Waals surface area contributed by atoms with Crippen molar-refractivity contribution in [3.05, 3.63) is 59.4 Å². The van der Waals surface area contributed by atoms with Gasteiger partial charge in [0.1, 0.15) is 23.1 Å². The number of ether oxygens (including phenoxy) is 1. The van der Waals surface area contributed by atoms with E-state index in [-0.39, 0.29) is 40.6 Å². The molecule has 2 atom stereocenters. The Hall–Kier alpha value is -3.67. The van der Waals surface area contributed by atoms with E-state index in [0.29, 0.717) is 30.9 Å². The van der Waals surface area contributed by atoms with E-state index in [0.717, 1.165) is 30.5 Å². The van der Waals surface area contributed by atoms with Crippen LogP contribution in [-0.4, -0.2) is 48.9 Å². The number of alkyl halides is 3. The van der Waals surface area contributed by atoms with E-state index in [4.69, 9.17) is 4.74 Å². The molecule has 1 saturated carbocycles. The molecule has 0 amide bonds. The molecule has 4 aromatic rings. The molecule has 2 aliphatic rings. The zero-order chi connectivity index (χ0) is 25.9. The lowest BCUT2D eigenvalue weighted by atomic mass is 10.1. The van der Waals surface area contributed by atoms with Gasteiger partial charge in [0, 0.05) is 30.1 Å². The van der Waals surface area contributed by atoms with Crippen molar-refractivity contribution < 1.29 is 22.3 Å². The summed E-state index contributed by atoms with van der Waals surface area (Å²) in [5.74, 6) is -0.778. The first kappa shape index (κ1) is 23.7. The summed E-state index contributed by atoms with van der Waals surface area (Å²) in [5.41, 5.74) is 0.865. The third-order valence-corrected chi connectivity index (χ3v) is 6.53. The van der Waals surface area contributed by atoms with Crippen molar-refractivity contribution in [1.29, 1.82) is 0 Å². The van der Waals surface area contributed by atoms with Crippen LogP contribution in [0.5, 0.6) is 0 Å². The summed E-state index contributed by atoms with van der Waals surface area (Å²) in [6.07, 6.45) is 2.40. The van der Waals surface area contributed by atoms with Crippen LogP contribution in [0.25, 0.3) is 22.4 Å². The molecule has 1 saturated heterocycles. The predicted molar refractivity (Wildman–Crippen MR) is 126 cm³/mol. The predicted octanol–water partition coefficient (Wildman–Crippen LogP) is 5.05. The van der Waals surface area contributed by atoms with E-state index >= 15 is 4.39 Å². The van der Waals surface area contributed by atoms with E-state index in [9.17, 15) is 13.2 Å². The summed E-state index contributed by atoms with van der Waals surface area (Å²) >= 11 is 0. The SMILES string of the molecule is Cc1cnc2c(-c3ccc(C(F)(F)F)cc3F)nc(N3C[C@@H](C)O[C@@H](c4cnn(C5CC5)c4)C3)nc2n1. The molecule has 1 aromatic carbocycles. The van der Waals surface area contributed by atoms with Crippen LogP contribution >= 0.6 is 0 Å². The highest BCUT2D eigenvalue weighted by molar-refractivity contribution is 5.88. The van der Waals surface area contributed by atoms with Crippen LogP contribution in [0.4, 0.5) is 23.5 Å². The normalized spacial score (nSPS) is 20.5. The van der Waals surface area contributed by atoms with Gasteiger partial charge in [0.05, 0.1) is 36.1 Å². The number of hydrogen-bond acceptors (Lipinski definition) is 7. The van der Waals surface area contributed by atoms with Crippen molar-refractivity contribution in [3.63, 3.8) is 0 Å². The summed E-state index contributed by atoms with van der Waals surface area (Å²) in [7, 11) is 0. The second-order valence-electron chi connectivity index (χ2n) is 9.57. The van der Waals surface area contributed by atoms with Gasteiger partial charge in [-0.05, 0) is 44.9 Å². The van der Waals surface area contributed by atoms with Gasteiger partial charge in [-0.2, -0.15) is 23.3 Å².